The molecular formula is C32H50O2PSi+. The minimum absolute atomic E-state index is 0.0744. The van der Waals surface area contributed by atoms with Gasteiger partial charge in [-0.2, -0.15) is 0 Å². The van der Waals surface area contributed by atoms with Gasteiger partial charge in [0.15, 0.2) is 19.8 Å². The zero-order valence-corrected chi connectivity index (χ0v) is 25.9. The lowest BCUT2D eigenvalue weighted by molar-refractivity contribution is -0.0861. The molecule has 1 aromatic rings. The van der Waals surface area contributed by atoms with Crippen LogP contribution in [0, 0.1) is 35.0 Å². The zero-order valence-electron chi connectivity index (χ0n) is 24.0. The Morgan fingerprint density at radius 1 is 0.972 bits per heavy atom. The summed E-state index contributed by atoms with van der Waals surface area (Å²) in [7, 11) is -3.10. The first kappa shape index (κ1) is 26.8. The van der Waals surface area contributed by atoms with Crippen molar-refractivity contribution < 1.29 is 8.99 Å². The van der Waals surface area contributed by atoms with Crippen LogP contribution in [-0.4, -0.2) is 20.1 Å². The second-order valence-corrected chi connectivity index (χ2v) is 21.1. The Hall–Kier alpha value is -0.763. The van der Waals surface area contributed by atoms with E-state index in [0.29, 0.717) is 0 Å². The Balaban J connectivity index is 1.25. The molecule has 36 heavy (non-hydrogen) atoms. The molecule has 3 fully saturated rings. The molecule has 0 radical (unpaired) electrons. The molecule has 0 N–H and O–H groups in total. The van der Waals surface area contributed by atoms with Crippen molar-refractivity contribution in [2.75, 3.05) is 6.16 Å². The van der Waals surface area contributed by atoms with Crippen LogP contribution in [0.15, 0.2) is 42.0 Å². The SMILES string of the molecule is CC(C)(C)[Si](C)(C)O[C@]1(C)CC[C@H]2[C@H](CC[C@@H]3[C@@H]2CC[C@]2(C)C(C[P+](=O)c4ccccc4)=CC[C@@H]32)C1. The van der Waals surface area contributed by atoms with Crippen LogP contribution in [0.25, 0.3) is 0 Å². The van der Waals surface area contributed by atoms with E-state index in [9.17, 15) is 4.57 Å². The molecule has 0 bridgehead atoms. The Morgan fingerprint density at radius 2 is 1.67 bits per heavy atom. The predicted molar refractivity (Wildman–Crippen MR) is 156 cm³/mol. The summed E-state index contributed by atoms with van der Waals surface area (Å²) in [5.74, 6) is 4.27. The van der Waals surface area contributed by atoms with Gasteiger partial charge in [-0.05, 0) is 129 Å². The molecule has 1 aromatic carbocycles. The summed E-state index contributed by atoms with van der Waals surface area (Å²) in [6.45, 7) is 16.9. The largest absolute Gasteiger partial charge is 0.412 e. The van der Waals surface area contributed by atoms with Crippen molar-refractivity contribution in [2.24, 2.45) is 35.0 Å². The Labute approximate surface area is 223 Å². The van der Waals surface area contributed by atoms with Crippen molar-refractivity contribution in [2.45, 2.75) is 110 Å². The predicted octanol–water partition coefficient (Wildman–Crippen LogP) is 9.11. The van der Waals surface area contributed by atoms with Gasteiger partial charge >= 0.3 is 7.80 Å². The fourth-order valence-corrected chi connectivity index (χ4v) is 11.9. The van der Waals surface area contributed by atoms with Crippen molar-refractivity contribution in [3.8, 4) is 0 Å². The highest BCUT2D eigenvalue weighted by atomic mass is 31.1. The molecule has 8 atom stereocenters. The van der Waals surface area contributed by atoms with E-state index in [1.165, 1.54) is 56.9 Å². The minimum atomic E-state index is -1.76. The lowest BCUT2D eigenvalue weighted by Crippen LogP contribution is -2.54. The lowest BCUT2D eigenvalue weighted by Gasteiger charge is -2.58. The Morgan fingerprint density at radius 3 is 2.36 bits per heavy atom. The number of rotatable bonds is 5. The summed E-state index contributed by atoms with van der Waals surface area (Å²) in [6, 6.07) is 10.1. The van der Waals surface area contributed by atoms with Gasteiger partial charge in [-0.1, -0.05) is 56.5 Å². The average molecular weight is 526 g/mol. The first-order valence-electron chi connectivity index (χ1n) is 14.7. The highest BCUT2D eigenvalue weighted by Crippen LogP contribution is 2.64. The van der Waals surface area contributed by atoms with Crippen molar-refractivity contribution in [1.82, 2.24) is 0 Å². The van der Waals surface area contributed by atoms with Crippen molar-refractivity contribution >= 4 is 21.4 Å². The van der Waals surface area contributed by atoms with Gasteiger partial charge in [0.2, 0.25) is 0 Å². The summed E-state index contributed by atoms with van der Waals surface area (Å²) >= 11 is 0. The van der Waals surface area contributed by atoms with E-state index < -0.39 is 16.1 Å². The summed E-state index contributed by atoms with van der Waals surface area (Å²) in [4.78, 5) is 0. The average Bonchev–Trinajstić information content (AvgIpc) is 3.14. The second kappa shape index (κ2) is 9.46. The van der Waals surface area contributed by atoms with Crippen LogP contribution < -0.4 is 5.30 Å². The Kier molecular flexibility index (Phi) is 7.05. The maximum atomic E-state index is 13.2. The third kappa shape index (κ3) is 4.75. The van der Waals surface area contributed by atoms with Crippen molar-refractivity contribution in [3.05, 3.63) is 42.0 Å². The van der Waals surface area contributed by atoms with E-state index in [2.05, 4.69) is 53.8 Å². The lowest BCUT2D eigenvalue weighted by atomic mass is 9.49. The molecule has 4 aliphatic rings. The number of benzene rings is 1. The minimum Gasteiger partial charge on any atom is -0.412 e. The Bertz CT molecular complexity index is 1010. The highest BCUT2D eigenvalue weighted by Gasteiger charge is 2.57. The van der Waals surface area contributed by atoms with Crippen LogP contribution in [0.4, 0.5) is 0 Å². The maximum Gasteiger partial charge on any atom is 0.381 e. The smallest absolute Gasteiger partial charge is 0.381 e. The molecule has 198 valence electrons. The van der Waals surface area contributed by atoms with Crippen LogP contribution in [-0.2, 0) is 8.99 Å². The summed E-state index contributed by atoms with van der Waals surface area (Å²) in [6.07, 6.45) is 13.8. The van der Waals surface area contributed by atoms with Crippen LogP contribution in [0.3, 0.4) is 0 Å². The maximum absolute atomic E-state index is 13.2. The first-order valence-corrected chi connectivity index (χ1v) is 19.1. The number of allylic oxidation sites excluding steroid dienone is 2. The van der Waals surface area contributed by atoms with Crippen LogP contribution >= 0.6 is 7.80 Å². The van der Waals surface area contributed by atoms with Crippen molar-refractivity contribution in [3.63, 3.8) is 0 Å². The molecule has 4 aliphatic carbocycles. The third-order valence-electron chi connectivity index (χ3n) is 11.6. The van der Waals surface area contributed by atoms with E-state index in [1.54, 1.807) is 0 Å². The van der Waals surface area contributed by atoms with E-state index >= 15 is 0 Å². The van der Waals surface area contributed by atoms with Gasteiger partial charge in [-0.25, -0.2) is 0 Å². The molecule has 3 saturated carbocycles. The number of hydrogen-bond acceptors (Lipinski definition) is 2. The van der Waals surface area contributed by atoms with Crippen LogP contribution in [0.5, 0.6) is 0 Å². The number of hydrogen-bond donors (Lipinski definition) is 0. The van der Waals surface area contributed by atoms with Gasteiger partial charge in [0.1, 0.15) is 0 Å². The molecule has 2 nitrogen and oxygen atoms in total. The fraction of sp³-hybridized carbons (Fsp3) is 0.750. The van der Waals surface area contributed by atoms with Gasteiger partial charge in [-0.3, -0.25) is 0 Å². The molecule has 1 unspecified atom stereocenters. The first-order chi connectivity index (χ1) is 16.8. The molecule has 4 heteroatoms. The number of fused-ring (bicyclic) bond motifs is 5. The van der Waals surface area contributed by atoms with Gasteiger partial charge in [0.25, 0.3) is 0 Å². The zero-order chi connectivity index (χ0) is 25.9. The van der Waals surface area contributed by atoms with Crippen molar-refractivity contribution in [1.29, 1.82) is 0 Å². The quantitative estimate of drug-likeness (QED) is 0.218. The molecule has 5 rings (SSSR count). The summed E-state index contributed by atoms with van der Waals surface area (Å²) in [5, 5.41) is 1.29. The van der Waals surface area contributed by atoms with Gasteiger partial charge in [0.05, 0.1) is 5.60 Å². The van der Waals surface area contributed by atoms with Gasteiger partial charge in [0, 0.05) is 0 Å². The third-order valence-corrected chi connectivity index (χ3v) is 17.7. The van der Waals surface area contributed by atoms with E-state index in [4.69, 9.17) is 4.43 Å². The van der Waals surface area contributed by atoms with Gasteiger partial charge < -0.3 is 4.43 Å². The standard InChI is InChI=1S/C32H50O2PSi/c1-30(2,3)36(6,7)34-31(4)19-17-26-23(21-31)13-15-28-27(26)18-20-32(5)24(14-16-29(28)32)22-35(33)25-11-9-8-10-12-25/h8-12,14,23,26-29H,13,15-22H2,1-7H3/q+1/t23-,26+,27-,28-,29+,31-,32-/m1/s1. The van der Waals surface area contributed by atoms with Crippen LogP contribution in [0.1, 0.15) is 86.0 Å². The molecular weight excluding hydrogens is 475 g/mol. The summed E-state index contributed by atoms with van der Waals surface area (Å²) < 4.78 is 20.3. The van der Waals surface area contributed by atoms with Gasteiger partial charge in [-0.15, -0.1) is 0 Å². The fourth-order valence-electron chi connectivity index (χ4n) is 8.67. The monoisotopic (exact) mass is 525 g/mol. The molecule has 0 amide bonds. The highest BCUT2D eigenvalue weighted by molar-refractivity contribution is 7.53. The topological polar surface area (TPSA) is 26.3 Å². The molecule has 0 saturated heterocycles. The van der Waals surface area contributed by atoms with E-state index in [-0.39, 0.29) is 16.1 Å². The normalized spacial score (nSPS) is 39.0. The summed E-state index contributed by atoms with van der Waals surface area (Å²) in [5.41, 5.74) is 1.85. The molecule has 0 aromatic heterocycles. The molecule has 0 heterocycles. The van der Waals surface area contributed by atoms with Crippen LogP contribution in [0.2, 0.25) is 18.1 Å². The van der Waals surface area contributed by atoms with E-state index in [1.807, 2.05) is 30.3 Å². The molecule has 0 aliphatic heterocycles. The van der Waals surface area contributed by atoms with E-state index in [0.717, 1.165) is 41.1 Å². The molecule has 0 spiro atoms. The second-order valence-electron chi connectivity index (χ2n) is 14.8.